The van der Waals surface area contributed by atoms with Crippen LogP contribution in [-0.4, -0.2) is 21.6 Å². The Morgan fingerprint density at radius 3 is 2.38 bits per heavy atom. The van der Waals surface area contributed by atoms with E-state index in [1.54, 1.807) is 6.92 Å². The molecule has 0 saturated heterocycles. The first kappa shape index (κ1) is 9.70. The third kappa shape index (κ3) is 2.85. The summed E-state index contributed by atoms with van der Waals surface area (Å²) in [5.74, 6) is 0.0552. The summed E-state index contributed by atoms with van der Waals surface area (Å²) in [5, 5.41) is 9.87. The summed E-state index contributed by atoms with van der Waals surface area (Å²) in [6.07, 6.45) is 0. The number of nitrogens with one attached hydrogen (secondary N) is 1. The molecule has 1 N–H and O–H groups in total. The van der Waals surface area contributed by atoms with Crippen molar-refractivity contribution >= 4 is 5.91 Å². The van der Waals surface area contributed by atoms with Gasteiger partial charge in [0, 0.05) is 12.5 Å². The molecular weight excluding hydrogens is 170 g/mol. The van der Waals surface area contributed by atoms with E-state index in [0.717, 1.165) is 0 Å². The number of nitrogens with zero attached hydrogens (tertiary/aromatic N) is 2. The molecule has 1 aromatic rings. The number of carbonyl (C=O) groups is 1. The average Bonchev–Trinajstić information content (AvgIpc) is 2.31. The number of hydrogen-bond acceptors (Lipinski definition) is 4. The molecule has 5 heteroatoms. The molecule has 0 atom stereocenters. The van der Waals surface area contributed by atoms with Gasteiger partial charge in [0.25, 0.3) is 0 Å². The van der Waals surface area contributed by atoms with E-state index in [9.17, 15) is 4.79 Å². The lowest BCUT2D eigenvalue weighted by Crippen LogP contribution is -2.40. The van der Waals surface area contributed by atoms with E-state index in [4.69, 9.17) is 4.42 Å². The number of rotatable bonds is 1. The molecule has 0 spiro atoms. The smallest absolute Gasteiger partial charge is 0.309 e. The van der Waals surface area contributed by atoms with E-state index < -0.39 is 0 Å². The van der Waals surface area contributed by atoms with Crippen LogP contribution in [0.5, 0.6) is 0 Å². The Hall–Kier alpha value is -1.39. The Morgan fingerprint density at radius 2 is 2.00 bits per heavy atom. The molecule has 1 heterocycles. The van der Waals surface area contributed by atoms with Gasteiger partial charge in [-0.25, -0.2) is 0 Å². The Labute approximate surface area is 76.5 Å². The first-order valence-electron chi connectivity index (χ1n) is 4.01. The molecule has 13 heavy (non-hydrogen) atoms. The molecule has 0 aliphatic rings. The predicted octanol–water partition coefficient (Wildman–Crippen LogP) is 0.906. The molecule has 0 bridgehead atoms. The lowest BCUT2D eigenvalue weighted by atomic mass is 10.1. The highest BCUT2D eigenvalue weighted by atomic mass is 16.4. The van der Waals surface area contributed by atoms with Crippen LogP contribution in [0.2, 0.25) is 0 Å². The van der Waals surface area contributed by atoms with Crippen molar-refractivity contribution in [2.45, 2.75) is 33.2 Å². The van der Waals surface area contributed by atoms with Gasteiger partial charge in [0.1, 0.15) is 0 Å². The molecule has 0 unspecified atom stereocenters. The van der Waals surface area contributed by atoms with Crippen LogP contribution < -0.4 is 5.32 Å². The molecular formula is C8H13N3O2. The number of carbonyl (C=O) groups excluding carboxylic acids is 1. The predicted molar refractivity (Wildman–Crippen MR) is 46.3 cm³/mol. The van der Waals surface area contributed by atoms with Crippen LogP contribution in [0.3, 0.4) is 0 Å². The van der Waals surface area contributed by atoms with Crippen LogP contribution >= 0.6 is 0 Å². The van der Waals surface area contributed by atoms with Crippen molar-refractivity contribution in [1.29, 1.82) is 0 Å². The molecule has 1 aromatic heterocycles. The second kappa shape index (κ2) is 3.16. The minimum atomic E-state index is -0.340. The zero-order valence-corrected chi connectivity index (χ0v) is 8.21. The second-order valence-electron chi connectivity index (χ2n) is 3.83. The highest BCUT2D eigenvalue weighted by molar-refractivity contribution is 5.89. The summed E-state index contributed by atoms with van der Waals surface area (Å²) in [4.78, 5) is 11.4. The zero-order valence-electron chi connectivity index (χ0n) is 8.21. The van der Waals surface area contributed by atoms with Gasteiger partial charge in [-0.1, -0.05) is 0 Å². The van der Waals surface area contributed by atoms with Crippen molar-refractivity contribution in [1.82, 2.24) is 15.5 Å². The van der Waals surface area contributed by atoms with E-state index >= 15 is 0 Å². The minimum Gasteiger partial charge on any atom is -0.417 e. The zero-order chi connectivity index (χ0) is 10.1. The molecule has 0 aromatic carbocycles. The van der Waals surface area contributed by atoms with Gasteiger partial charge in [-0.15, -0.1) is 10.2 Å². The summed E-state index contributed by atoms with van der Waals surface area (Å²) in [7, 11) is 0. The van der Waals surface area contributed by atoms with E-state index in [-0.39, 0.29) is 17.3 Å². The fourth-order valence-corrected chi connectivity index (χ4v) is 0.782. The van der Waals surface area contributed by atoms with Gasteiger partial charge in [0.05, 0.1) is 0 Å². The first-order valence-corrected chi connectivity index (χ1v) is 4.01. The van der Waals surface area contributed by atoms with Gasteiger partial charge in [0.2, 0.25) is 5.89 Å². The van der Waals surface area contributed by atoms with Crippen molar-refractivity contribution in [2.24, 2.45) is 0 Å². The van der Waals surface area contributed by atoms with Crippen LogP contribution in [0, 0.1) is 6.92 Å². The number of hydrogen-bond donors (Lipinski definition) is 1. The van der Waals surface area contributed by atoms with Crippen LogP contribution in [0.25, 0.3) is 0 Å². The first-order chi connectivity index (χ1) is 5.88. The van der Waals surface area contributed by atoms with Crippen LogP contribution in [0.4, 0.5) is 0 Å². The standard InChI is InChI=1S/C8H13N3O2/c1-5-10-11-7(13-5)6(12)9-8(2,3)4/h1-4H3,(H,9,12). The average molecular weight is 183 g/mol. The lowest BCUT2D eigenvalue weighted by molar-refractivity contribution is 0.0882. The fraction of sp³-hybridized carbons (Fsp3) is 0.625. The van der Waals surface area contributed by atoms with Crippen LogP contribution in [0.1, 0.15) is 37.3 Å². The summed E-state index contributed by atoms with van der Waals surface area (Å²) in [6.45, 7) is 7.29. The maximum atomic E-state index is 11.4. The Bertz CT molecular complexity index is 311. The maximum absolute atomic E-state index is 11.4. The third-order valence-electron chi connectivity index (χ3n) is 1.21. The minimum absolute atomic E-state index is 0.00687. The summed E-state index contributed by atoms with van der Waals surface area (Å²) >= 11 is 0. The summed E-state index contributed by atoms with van der Waals surface area (Å²) < 4.78 is 4.96. The highest BCUT2D eigenvalue weighted by Crippen LogP contribution is 2.03. The molecule has 0 aliphatic carbocycles. The molecule has 1 rings (SSSR count). The van der Waals surface area contributed by atoms with Crippen LogP contribution in [-0.2, 0) is 0 Å². The molecule has 5 nitrogen and oxygen atoms in total. The van der Waals surface area contributed by atoms with Crippen molar-refractivity contribution in [3.63, 3.8) is 0 Å². The molecule has 0 radical (unpaired) electrons. The summed E-state index contributed by atoms with van der Waals surface area (Å²) in [6, 6.07) is 0. The molecule has 72 valence electrons. The number of aromatic nitrogens is 2. The largest absolute Gasteiger partial charge is 0.417 e. The Morgan fingerprint density at radius 1 is 1.38 bits per heavy atom. The van der Waals surface area contributed by atoms with Crippen molar-refractivity contribution in [3.8, 4) is 0 Å². The fourth-order valence-electron chi connectivity index (χ4n) is 0.782. The third-order valence-corrected chi connectivity index (χ3v) is 1.21. The number of aryl methyl sites for hydroxylation is 1. The molecule has 1 amide bonds. The molecule has 0 saturated carbocycles. The van der Waals surface area contributed by atoms with Gasteiger partial charge in [0.15, 0.2) is 0 Å². The SMILES string of the molecule is Cc1nnc(C(=O)NC(C)(C)C)o1. The van der Waals surface area contributed by atoms with Crippen molar-refractivity contribution < 1.29 is 9.21 Å². The lowest BCUT2D eigenvalue weighted by Gasteiger charge is -2.18. The summed E-state index contributed by atoms with van der Waals surface area (Å²) in [5.41, 5.74) is -0.292. The van der Waals surface area contributed by atoms with E-state index in [0.29, 0.717) is 5.89 Å². The topological polar surface area (TPSA) is 68.0 Å². The van der Waals surface area contributed by atoms with E-state index in [2.05, 4.69) is 15.5 Å². The molecule has 0 fully saturated rings. The van der Waals surface area contributed by atoms with Gasteiger partial charge in [-0.05, 0) is 20.8 Å². The van der Waals surface area contributed by atoms with Gasteiger partial charge in [-0.2, -0.15) is 0 Å². The van der Waals surface area contributed by atoms with Gasteiger partial charge >= 0.3 is 11.8 Å². The number of amides is 1. The van der Waals surface area contributed by atoms with Gasteiger partial charge in [-0.3, -0.25) is 4.79 Å². The quantitative estimate of drug-likeness (QED) is 0.702. The molecule has 0 aliphatic heterocycles. The van der Waals surface area contributed by atoms with Crippen molar-refractivity contribution in [2.75, 3.05) is 0 Å². The Balaban J connectivity index is 2.70. The normalized spacial score (nSPS) is 11.4. The monoisotopic (exact) mass is 183 g/mol. The van der Waals surface area contributed by atoms with E-state index in [1.807, 2.05) is 20.8 Å². The van der Waals surface area contributed by atoms with Crippen molar-refractivity contribution in [3.05, 3.63) is 11.8 Å². The second-order valence-corrected chi connectivity index (χ2v) is 3.83. The Kier molecular flexibility index (Phi) is 2.36. The maximum Gasteiger partial charge on any atom is 0.309 e. The van der Waals surface area contributed by atoms with Gasteiger partial charge < -0.3 is 9.73 Å². The van der Waals surface area contributed by atoms with Crippen LogP contribution in [0.15, 0.2) is 4.42 Å². The highest BCUT2D eigenvalue weighted by Gasteiger charge is 2.19. The van der Waals surface area contributed by atoms with E-state index in [1.165, 1.54) is 0 Å².